The van der Waals surface area contributed by atoms with Crippen molar-refractivity contribution in [1.29, 1.82) is 0 Å². The van der Waals surface area contributed by atoms with Crippen LogP contribution < -0.4 is 5.73 Å². The molecule has 114 valence electrons. The van der Waals surface area contributed by atoms with Crippen molar-refractivity contribution in [3.8, 4) is 0 Å². The molecule has 6 heteroatoms. The molecule has 2 N–H and O–H groups in total. The topological polar surface area (TPSA) is 66.6 Å². The summed E-state index contributed by atoms with van der Waals surface area (Å²) in [5, 5.41) is 0. The van der Waals surface area contributed by atoms with Gasteiger partial charge in [-0.2, -0.15) is 0 Å². The van der Waals surface area contributed by atoms with Gasteiger partial charge in [-0.05, 0) is 29.7 Å². The summed E-state index contributed by atoms with van der Waals surface area (Å²) in [6.45, 7) is 3.24. The van der Waals surface area contributed by atoms with Crippen molar-refractivity contribution < 1.29 is 14.0 Å². The van der Waals surface area contributed by atoms with E-state index < -0.39 is 0 Å². The maximum atomic E-state index is 13.2. The average molecular weight is 293 g/mol. The maximum absolute atomic E-state index is 13.2. The molecule has 21 heavy (non-hydrogen) atoms. The van der Waals surface area contributed by atoms with Gasteiger partial charge in [0.1, 0.15) is 12.4 Å². The highest BCUT2D eigenvalue weighted by molar-refractivity contribution is 5.92. The average Bonchev–Trinajstić information content (AvgIpc) is 2.46. The Morgan fingerprint density at radius 1 is 1.14 bits per heavy atom. The summed E-state index contributed by atoms with van der Waals surface area (Å²) in [5.74, 6) is -0.488. The molecule has 2 rings (SSSR count). The van der Waals surface area contributed by atoms with E-state index in [2.05, 4.69) is 0 Å². The monoisotopic (exact) mass is 293 g/mol. The number of carbonyl (C=O) groups is 2. The lowest BCUT2D eigenvalue weighted by Gasteiger charge is -2.34. The lowest BCUT2D eigenvalue weighted by molar-refractivity contribution is -0.150. The molecule has 1 aliphatic rings. The van der Waals surface area contributed by atoms with Crippen LogP contribution >= 0.6 is 0 Å². The van der Waals surface area contributed by atoms with E-state index in [0.29, 0.717) is 12.1 Å². The van der Waals surface area contributed by atoms with E-state index in [1.807, 2.05) is 6.92 Å². The summed E-state index contributed by atoms with van der Waals surface area (Å²) in [6, 6.07) is 4.33. The molecule has 0 spiro atoms. The standard InChI is InChI=1S/C15H20FN3O2/c1-2-5-18-9-15(21)19(10-14(18)20)8-11-3-4-13(16)6-12(11)7-17/h3-4,6H,2,5,7-10,17H2,1H3. The number of amides is 2. The Balaban J connectivity index is 2.10. The molecule has 0 saturated carbocycles. The van der Waals surface area contributed by atoms with Gasteiger partial charge in [0.25, 0.3) is 0 Å². The number of piperazine rings is 1. The summed E-state index contributed by atoms with van der Waals surface area (Å²) in [7, 11) is 0. The highest BCUT2D eigenvalue weighted by Gasteiger charge is 2.29. The third-order valence-corrected chi connectivity index (χ3v) is 3.60. The Morgan fingerprint density at radius 3 is 2.48 bits per heavy atom. The summed E-state index contributed by atoms with van der Waals surface area (Å²) < 4.78 is 13.2. The van der Waals surface area contributed by atoms with Gasteiger partial charge in [0.2, 0.25) is 11.8 Å². The Bertz CT molecular complexity index is 548. The molecule has 1 aromatic carbocycles. The predicted octanol–water partition coefficient (Wildman–Crippen LogP) is 0.865. The number of hydrogen-bond acceptors (Lipinski definition) is 3. The number of halogens is 1. The van der Waals surface area contributed by atoms with E-state index in [0.717, 1.165) is 12.0 Å². The van der Waals surface area contributed by atoms with Gasteiger partial charge in [-0.3, -0.25) is 9.59 Å². The zero-order chi connectivity index (χ0) is 15.4. The molecule has 1 fully saturated rings. The van der Waals surface area contributed by atoms with Gasteiger partial charge < -0.3 is 15.5 Å². The van der Waals surface area contributed by atoms with Crippen LogP contribution in [0.15, 0.2) is 18.2 Å². The molecular formula is C15H20FN3O2. The normalized spacial score (nSPS) is 15.8. The summed E-state index contributed by atoms with van der Waals surface area (Å²) in [4.78, 5) is 27.2. The fourth-order valence-corrected chi connectivity index (χ4v) is 2.47. The van der Waals surface area contributed by atoms with E-state index in [4.69, 9.17) is 5.73 Å². The van der Waals surface area contributed by atoms with Crippen molar-refractivity contribution >= 4 is 11.8 Å². The molecular weight excluding hydrogens is 273 g/mol. The molecule has 0 atom stereocenters. The number of carbonyl (C=O) groups excluding carboxylic acids is 2. The predicted molar refractivity (Wildman–Crippen MR) is 76.6 cm³/mol. The first-order valence-corrected chi connectivity index (χ1v) is 7.08. The van der Waals surface area contributed by atoms with E-state index in [1.54, 1.807) is 11.0 Å². The van der Waals surface area contributed by atoms with Crippen LogP contribution in [0, 0.1) is 5.82 Å². The van der Waals surface area contributed by atoms with Crippen LogP contribution in [0.4, 0.5) is 4.39 Å². The van der Waals surface area contributed by atoms with Crippen molar-refractivity contribution in [1.82, 2.24) is 9.80 Å². The number of rotatable bonds is 5. The summed E-state index contributed by atoms with van der Waals surface area (Å²) >= 11 is 0. The summed E-state index contributed by atoms with van der Waals surface area (Å²) in [6.07, 6.45) is 0.828. The Labute approximate surface area is 123 Å². The van der Waals surface area contributed by atoms with Gasteiger partial charge in [0.15, 0.2) is 0 Å². The Morgan fingerprint density at radius 2 is 1.81 bits per heavy atom. The number of nitrogens with two attached hydrogens (primary N) is 1. The molecule has 0 aliphatic carbocycles. The van der Waals surface area contributed by atoms with Crippen LogP contribution in [0.2, 0.25) is 0 Å². The molecule has 1 aromatic rings. The second kappa shape index (κ2) is 6.67. The first-order chi connectivity index (χ1) is 10.0. The van der Waals surface area contributed by atoms with E-state index in [-0.39, 0.29) is 43.8 Å². The van der Waals surface area contributed by atoms with Crippen molar-refractivity contribution in [3.05, 3.63) is 35.1 Å². The number of hydrogen-bond donors (Lipinski definition) is 1. The Hall–Kier alpha value is -1.95. The molecule has 1 saturated heterocycles. The zero-order valence-electron chi connectivity index (χ0n) is 12.1. The van der Waals surface area contributed by atoms with E-state index in [9.17, 15) is 14.0 Å². The zero-order valence-corrected chi connectivity index (χ0v) is 12.1. The minimum absolute atomic E-state index is 0.0483. The van der Waals surface area contributed by atoms with Gasteiger partial charge in [-0.15, -0.1) is 0 Å². The SMILES string of the molecule is CCCN1CC(=O)N(Cc2ccc(F)cc2CN)CC1=O. The molecule has 0 bridgehead atoms. The number of benzene rings is 1. The molecule has 1 heterocycles. The van der Waals surface area contributed by atoms with Crippen LogP contribution in [0.5, 0.6) is 0 Å². The molecule has 2 amide bonds. The molecule has 0 radical (unpaired) electrons. The minimum Gasteiger partial charge on any atom is -0.332 e. The lowest BCUT2D eigenvalue weighted by Crippen LogP contribution is -2.53. The van der Waals surface area contributed by atoms with Gasteiger partial charge >= 0.3 is 0 Å². The van der Waals surface area contributed by atoms with Gasteiger partial charge in [0.05, 0.1) is 6.54 Å². The van der Waals surface area contributed by atoms with Crippen molar-refractivity contribution in [3.63, 3.8) is 0 Å². The Kier molecular flexibility index (Phi) is 4.90. The van der Waals surface area contributed by atoms with Crippen LogP contribution in [-0.2, 0) is 22.7 Å². The molecule has 0 unspecified atom stereocenters. The van der Waals surface area contributed by atoms with Crippen LogP contribution in [0.3, 0.4) is 0 Å². The van der Waals surface area contributed by atoms with Gasteiger partial charge in [0, 0.05) is 19.6 Å². The third-order valence-electron chi connectivity index (χ3n) is 3.60. The summed E-state index contributed by atoms with van der Waals surface area (Å²) in [5.41, 5.74) is 7.04. The highest BCUT2D eigenvalue weighted by atomic mass is 19.1. The van der Waals surface area contributed by atoms with E-state index in [1.165, 1.54) is 17.0 Å². The lowest BCUT2D eigenvalue weighted by atomic mass is 10.1. The van der Waals surface area contributed by atoms with Gasteiger partial charge in [-0.1, -0.05) is 13.0 Å². The fraction of sp³-hybridized carbons (Fsp3) is 0.467. The molecule has 0 aromatic heterocycles. The van der Waals surface area contributed by atoms with Crippen LogP contribution in [-0.4, -0.2) is 41.2 Å². The minimum atomic E-state index is -0.352. The van der Waals surface area contributed by atoms with Crippen LogP contribution in [0.1, 0.15) is 24.5 Å². The second-order valence-corrected chi connectivity index (χ2v) is 5.18. The van der Waals surface area contributed by atoms with Crippen molar-refractivity contribution in [2.45, 2.75) is 26.4 Å². The molecule has 5 nitrogen and oxygen atoms in total. The maximum Gasteiger partial charge on any atom is 0.242 e. The fourth-order valence-electron chi connectivity index (χ4n) is 2.47. The first kappa shape index (κ1) is 15.4. The molecule has 1 aliphatic heterocycles. The van der Waals surface area contributed by atoms with Crippen molar-refractivity contribution in [2.75, 3.05) is 19.6 Å². The van der Waals surface area contributed by atoms with Crippen LogP contribution in [0.25, 0.3) is 0 Å². The van der Waals surface area contributed by atoms with E-state index >= 15 is 0 Å². The largest absolute Gasteiger partial charge is 0.332 e. The highest BCUT2D eigenvalue weighted by Crippen LogP contribution is 2.16. The first-order valence-electron chi connectivity index (χ1n) is 7.08. The third kappa shape index (κ3) is 3.58. The second-order valence-electron chi connectivity index (χ2n) is 5.18. The number of nitrogens with zero attached hydrogens (tertiary/aromatic N) is 2. The smallest absolute Gasteiger partial charge is 0.242 e. The van der Waals surface area contributed by atoms with Gasteiger partial charge in [-0.25, -0.2) is 4.39 Å². The quantitative estimate of drug-likeness (QED) is 0.876. The van der Waals surface area contributed by atoms with Crippen molar-refractivity contribution in [2.24, 2.45) is 5.73 Å².